The van der Waals surface area contributed by atoms with Gasteiger partial charge in [0, 0.05) is 29.2 Å². The summed E-state index contributed by atoms with van der Waals surface area (Å²) in [5.41, 5.74) is 8.85. The van der Waals surface area contributed by atoms with Crippen molar-refractivity contribution in [1.29, 1.82) is 0 Å². The smallest absolute Gasteiger partial charge is 0.221 e. The molecule has 1 aliphatic rings. The fraction of sp³-hybridized carbons (Fsp3) is 0.333. The molecule has 3 aromatic rings. The molecule has 29 heavy (non-hydrogen) atoms. The van der Waals surface area contributed by atoms with Gasteiger partial charge in [0.1, 0.15) is 6.61 Å². The second kappa shape index (κ2) is 7.74. The summed E-state index contributed by atoms with van der Waals surface area (Å²) < 4.78 is 13.9. The third-order valence-corrected chi connectivity index (χ3v) is 5.77. The van der Waals surface area contributed by atoms with Crippen LogP contribution in [0.1, 0.15) is 38.1 Å². The van der Waals surface area contributed by atoms with E-state index in [1.165, 1.54) is 16.7 Å². The molecule has 0 spiro atoms. The van der Waals surface area contributed by atoms with E-state index in [2.05, 4.69) is 42.4 Å². The van der Waals surface area contributed by atoms with E-state index < -0.39 is 0 Å². The summed E-state index contributed by atoms with van der Waals surface area (Å²) in [7, 11) is 1.64. The van der Waals surface area contributed by atoms with Crippen molar-refractivity contribution in [3.05, 3.63) is 64.8 Å². The quantitative estimate of drug-likeness (QED) is 0.582. The summed E-state index contributed by atoms with van der Waals surface area (Å²) in [6.07, 6.45) is 8.31. The second-order valence-electron chi connectivity index (χ2n) is 7.60. The first-order chi connectivity index (χ1) is 14.0. The number of methoxy groups -OCH3 is 1. The van der Waals surface area contributed by atoms with Crippen LogP contribution in [0.2, 0.25) is 0 Å². The number of pyridine rings is 2. The van der Waals surface area contributed by atoms with Gasteiger partial charge in [-0.1, -0.05) is 11.6 Å². The summed E-state index contributed by atoms with van der Waals surface area (Å²) in [6.45, 7) is 9.01. The Morgan fingerprint density at radius 1 is 1.17 bits per heavy atom. The molecule has 0 saturated heterocycles. The van der Waals surface area contributed by atoms with Crippen LogP contribution < -0.4 is 9.47 Å². The molecule has 5 heteroatoms. The van der Waals surface area contributed by atoms with Crippen LogP contribution in [0.5, 0.6) is 11.6 Å². The minimum absolute atomic E-state index is 0.544. The highest BCUT2D eigenvalue weighted by Gasteiger charge is 2.17. The number of imidazole rings is 1. The lowest BCUT2D eigenvalue weighted by atomic mass is 9.93. The van der Waals surface area contributed by atoms with E-state index in [0.717, 1.165) is 46.8 Å². The van der Waals surface area contributed by atoms with Crippen molar-refractivity contribution in [2.24, 2.45) is 0 Å². The summed E-state index contributed by atoms with van der Waals surface area (Å²) in [4.78, 5) is 9.10. The van der Waals surface area contributed by atoms with Crippen LogP contribution in [-0.4, -0.2) is 28.1 Å². The maximum absolute atomic E-state index is 6.36. The minimum atomic E-state index is 0.544. The fourth-order valence-electron chi connectivity index (χ4n) is 3.87. The van der Waals surface area contributed by atoms with Crippen molar-refractivity contribution in [2.45, 2.75) is 40.5 Å². The zero-order valence-electron chi connectivity index (χ0n) is 17.7. The maximum Gasteiger partial charge on any atom is 0.221 e. The number of aromatic nitrogens is 3. The molecule has 150 valence electrons. The van der Waals surface area contributed by atoms with Gasteiger partial charge in [0.2, 0.25) is 5.88 Å². The number of ether oxygens (including phenoxy) is 2. The monoisotopic (exact) mass is 389 g/mol. The van der Waals surface area contributed by atoms with Gasteiger partial charge < -0.3 is 13.9 Å². The number of aryl methyl sites for hydroxylation is 2. The Morgan fingerprint density at radius 3 is 2.76 bits per heavy atom. The molecule has 0 radical (unpaired) electrons. The highest BCUT2D eigenvalue weighted by atomic mass is 16.5. The van der Waals surface area contributed by atoms with E-state index in [4.69, 9.17) is 14.5 Å². The molecule has 0 unspecified atom stereocenters. The molecule has 0 aliphatic heterocycles. The van der Waals surface area contributed by atoms with Gasteiger partial charge in [-0.15, -0.1) is 0 Å². The highest BCUT2D eigenvalue weighted by molar-refractivity contribution is 5.73. The molecular formula is C24H27N3O2. The van der Waals surface area contributed by atoms with Gasteiger partial charge in [0.05, 0.1) is 12.8 Å². The van der Waals surface area contributed by atoms with Crippen LogP contribution in [0.4, 0.5) is 0 Å². The van der Waals surface area contributed by atoms with E-state index >= 15 is 0 Å². The van der Waals surface area contributed by atoms with E-state index in [0.29, 0.717) is 12.5 Å². The van der Waals surface area contributed by atoms with Crippen molar-refractivity contribution in [3.63, 3.8) is 0 Å². The summed E-state index contributed by atoms with van der Waals surface area (Å²) in [5, 5.41) is 0. The average molecular weight is 389 g/mol. The number of rotatable bonds is 5. The highest BCUT2D eigenvalue weighted by Crippen LogP contribution is 2.34. The fourth-order valence-corrected chi connectivity index (χ4v) is 3.87. The molecule has 3 aromatic heterocycles. The average Bonchev–Trinajstić information content (AvgIpc) is 3.01. The van der Waals surface area contributed by atoms with E-state index in [9.17, 15) is 0 Å². The van der Waals surface area contributed by atoms with Gasteiger partial charge in [-0.2, -0.15) is 0 Å². The minimum Gasteiger partial charge on any atom is -0.485 e. The molecule has 0 amide bonds. The molecule has 0 atom stereocenters. The zero-order valence-corrected chi connectivity index (χ0v) is 17.7. The first kappa shape index (κ1) is 19.2. The molecule has 1 aliphatic carbocycles. The molecule has 3 heterocycles. The standard InChI is InChI=1S/C24H27N3O2/c1-15-8-6-9-16(2)21(15)14-29-22-12-19(20-10-7-11-25-24(20)28-5)13-27-18(4)17(3)26-23(22)27/h7-8,10-13H,6,9,14H2,1-5H3. The van der Waals surface area contributed by atoms with Gasteiger partial charge in [0.25, 0.3) is 0 Å². The number of allylic oxidation sites excluding steroid dienone is 2. The number of nitrogens with zero attached hydrogens (tertiary/aromatic N) is 3. The maximum atomic E-state index is 6.36. The first-order valence-electron chi connectivity index (χ1n) is 9.97. The molecule has 4 rings (SSSR count). The predicted octanol–water partition coefficient (Wildman–Crippen LogP) is 5.46. The Morgan fingerprint density at radius 2 is 2.00 bits per heavy atom. The summed E-state index contributed by atoms with van der Waals surface area (Å²) in [6, 6.07) is 5.97. The molecule has 0 saturated carbocycles. The Hall–Kier alpha value is -3.08. The van der Waals surface area contributed by atoms with E-state index in [1.807, 2.05) is 25.1 Å². The van der Waals surface area contributed by atoms with Crippen molar-refractivity contribution in [1.82, 2.24) is 14.4 Å². The molecule has 0 aromatic carbocycles. The summed E-state index contributed by atoms with van der Waals surface area (Å²) >= 11 is 0. The van der Waals surface area contributed by atoms with Gasteiger partial charge in [-0.05, 0) is 69.9 Å². The molecule has 0 bridgehead atoms. The van der Waals surface area contributed by atoms with Crippen LogP contribution in [0.3, 0.4) is 0 Å². The normalized spacial score (nSPS) is 14.3. The largest absolute Gasteiger partial charge is 0.485 e. The van der Waals surface area contributed by atoms with Crippen LogP contribution in [-0.2, 0) is 0 Å². The van der Waals surface area contributed by atoms with Gasteiger partial charge in [-0.3, -0.25) is 0 Å². The first-order valence-corrected chi connectivity index (χ1v) is 9.97. The molecule has 5 nitrogen and oxygen atoms in total. The van der Waals surface area contributed by atoms with Gasteiger partial charge in [0.15, 0.2) is 11.4 Å². The lowest BCUT2D eigenvalue weighted by molar-refractivity contribution is 0.354. The van der Waals surface area contributed by atoms with E-state index in [1.54, 1.807) is 13.3 Å². The van der Waals surface area contributed by atoms with Crippen LogP contribution in [0.25, 0.3) is 16.8 Å². The van der Waals surface area contributed by atoms with Gasteiger partial charge in [-0.25, -0.2) is 9.97 Å². The Bertz CT molecular complexity index is 1140. The second-order valence-corrected chi connectivity index (χ2v) is 7.60. The Kier molecular flexibility index (Phi) is 5.14. The topological polar surface area (TPSA) is 48.7 Å². The number of hydrogen-bond donors (Lipinski definition) is 0. The third-order valence-electron chi connectivity index (χ3n) is 5.77. The predicted molar refractivity (Wildman–Crippen MR) is 116 cm³/mol. The van der Waals surface area contributed by atoms with Crippen LogP contribution in [0.15, 0.2) is 53.4 Å². The van der Waals surface area contributed by atoms with Crippen molar-refractivity contribution < 1.29 is 9.47 Å². The van der Waals surface area contributed by atoms with Crippen LogP contribution >= 0.6 is 0 Å². The SMILES string of the molecule is COc1ncccc1-c1cc(OCC2=C(C)CCC=C2C)c2nc(C)c(C)n2c1. The molecular weight excluding hydrogens is 362 g/mol. The van der Waals surface area contributed by atoms with Crippen LogP contribution in [0, 0.1) is 13.8 Å². The van der Waals surface area contributed by atoms with Crippen molar-refractivity contribution >= 4 is 5.65 Å². The Labute approximate surface area is 171 Å². The molecule has 0 N–H and O–H groups in total. The lowest BCUT2D eigenvalue weighted by Gasteiger charge is -2.19. The zero-order chi connectivity index (χ0) is 20.5. The number of fused-ring (bicyclic) bond motifs is 1. The third kappa shape index (κ3) is 3.53. The van der Waals surface area contributed by atoms with Crippen molar-refractivity contribution in [3.8, 4) is 22.8 Å². The lowest BCUT2D eigenvalue weighted by Crippen LogP contribution is -2.08. The van der Waals surface area contributed by atoms with Crippen molar-refractivity contribution in [2.75, 3.05) is 13.7 Å². The van der Waals surface area contributed by atoms with E-state index in [-0.39, 0.29) is 0 Å². The number of hydrogen-bond acceptors (Lipinski definition) is 4. The summed E-state index contributed by atoms with van der Waals surface area (Å²) in [5.74, 6) is 1.36. The molecule has 0 fully saturated rings. The Balaban J connectivity index is 1.80. The van der Waals surface area contributed by atoms with Gasteiger partial charge >= 0.3 is 0 Å².